The molecule has 0 spiro atoms. The zero-order valence-corrected chi connectivity index (χ0v) is 13.3. The van der Waals surface area contributed by atoms with Gasteiger partial charge in [-0.2, -0.15) is 0 Å². The van der Waals surface area contributed by atoms with Crippen LogP contribution < -0.4 is 5.32 Å². The van der Waals surface area contributed by atoms with Crippen LogP contribution in [-0.2, 0) is 9.05 Å². The summed E-state index contributed by atoms with van der Waals surface area (Å²) in [5.74, 6) is -0.170. The summed E-state index contributed by atoms with van der Waals surface area (Å²) in [5, 5.41) is 2.40. The van der Waals surface area contributed by atoms with Gasteiger partial charge in [0.2, 0.25) is 0 Å². The Kier molecular flexibility index (Phi) is 5.50. The van der Waals surface area contributed by atoms with E-state index in [-0.39, 0.29) is 26.4 Å². The Morgan fingerprint density at radius 2 is 1.89 bits per heavy atom. The van der Waals surface area contributed by atoms with Crippen molar-refractivity contribution in [2.24, 2.45) is 5.92 Å². The summed E-state index contributed by atoms with van der Waals surface area (Å²) in [5.41, 5.74) is 0.0919. The molecule has 1 N–H and O–H groups in total. The van der Waals surface area contributed by atoms with Crippen LogP contribution in [0.5, 0.6) is 0 Å². The average Bonchev–Trinajstić information content (AvgIpc) is 2.27. The molecule has 1 amide bonds. The minimum atomic E-state index is -4.07. The highest BCUT2D eigenvalue weighted by atomic mass is 35.7. The summed E-state index contributed by atoms with van der Waals surface area (Å²) in [6.45, 7) is 4.33. The highest BCUT2D eigenvalue weighted by Crippen LogP contribution is 2.32. The Balaban J connectivity index is 3.18. The van der Waals surface area contributed by atoms with Crippen molar-refractivity contribution in [2.45, 2.75) is 18.7 Å². The molecule has 0 unspecified atom stereocenters. The lowest BCUT2D eigenvalue weighted by atomic mass is 10.2. The van der Waals surface area contributed by atoms with E-state index in [0.717, 1.165) is 6.07 Å². The third-order valence-electron chi connectivity index (χ3n) is 2.19. The molecule has 1 rings (SSSR count). The van der Waals surface area contributed by atoms with E-state index >= 15 is 0 Å². The van der Waals surface area contributed by atoms with Gasteiger partial charge in [0, 0.05) is 22.8 Å². The number of rotatable bonds is 4. The molecular formula is C11H12Cl3NO3S. The first-order valence-electron chi connectivity index (χ1n) is 5.35. The van der Waals surface area contributed by atoms with E-state index in [2.05, 4.69) is 5.32 Å². The third-order valence-corrected chi connectivity index (χ3v) is 4.45. The SMILES string of the molecule is CC(C)CNC(=O)c1cc(Cl)c(Cl)c(S(=O)(=O)Cl)c1. The average molecular weight is 345 g/mol. The Morgan fingerprint density at radius 1 is 1.32 bits per heavy atom. The van der Waals surface area contributed by atoms with E-state index in [1.54, 1.807) is 0 Å². The molecule has 0 aliphatic rings. The molecule has 0 radical (unpaired) electrons. The lowest BCUT2D eigenvalue weighted by Crippen LogP contribution is -2.27. The minimum absolute atomic E-state index is 0.0434. The number of nitrogens with one attached hydrogen (secondary N) is 1. The predicted octanol–water partition coefficient (Wildman–Crippen LogP) is 3.31. The van der Waals surface area contributed by atoms with E-state index < -0.39 is 15.0 Å². The van der Waals surface area contributed by atoms with Crippen LogP contribution in [0.2, 0.25) is 10.0 Å². The summed E-state index contributed by atoms with van der Waals surface area (Å²) in [4.78, 5) is 11.5. The first-order valence-corrected chi connectivity index (χ1v) is 8.41. The minimum Gasteiger partial charge on any atom is -0.352 e. The molecule has 0 atom stereocenters. The Labute approximate surface area is 126 Å². The number of carbonyl (C=O) groups is 1. The molecule has 0 heterocycles. The smallest absolute Gasteiger partial charge is 0.262 e. The Bertz CT molecular complexity index is 599. The van der Waals surface area contributed by atoms with Crippen LogP contribution in [-0.4, -0.2) is 20.9 Å². The zero-order valence-electron chi connectivity index (χ0n) is 10.2. The molecule has 1 aromatic rings. The van der Waals surface area contributed by atoms with E-state index in [0.29, 0.717) is 6.54 Å². The number of halogens is 3. The molecule has 0 fully saturated rings. The van der Waals surface area contributed by atoms with Crippen LogP contribution in [0.25, 0.3) is 0 Å². The van der Waals surface area contributed by atoms with Crippen molar-refractivity contribution in [3.8, 4) is 0 Å². The zero-order chi connectivity index (χ0) is 14.8. The van der Waals surface area contributed by atoms with Crippen molar-refractivity contribution >= 4 is 48.8 Å². The molecule has 1 aromatic carbocycles. The van der Waals surface area contributed by atoms with Crippen LogP contribution in [0.1, 0.15) is 24.2 Å². The second kappa shape index (κ2) is 6.31. The van der Waals surface area contributed by atoms with Crippen molar-refractivity contribution in [1.29, 1.82) is 0 Å². The van der Waals surface area contributed by atoms with E-state index in [9.17, 15) is 13.2 Å². The molecule has 4 nitrogen and oxygen atoms in total. The summed E-state index contributed by atoms with van der Waals surface area (Å²) in [6.07, 6.45) is 0. The number of amides is 1. The van der Waals surface area contributed by atoms with Gasteiger partial charge in [0.25, 0.3) is 15.0 Å². The fourth-order valence-corrected chi connectivity index (χ4v) is 3.04. The highest BCUT2D eigenvalue weighted by Gasteiger charge is 2.20. The Morgan fingerprint density at radius 3 is 2.37 bits per heavy atom. The highest BCUT2D eigenvalue weighted by molar-refractivity contribution is 8.13. The first-order chi connectivity index (χ1) is 8.62. The molecule has 0 saturated heterocycles. The normalized spacial score (nSPS) is 11.7. The van der Waals surface area contributed by atoms with Gasteiger partial charge in [-0.25, -0.2) is 8.42 Å². The molecule has 0 aromatic heterocycles. The van der Waals surface area contributed by atoms with Crippen LogP contribution >= 0.6 is 33.9 Å². The maximum absolute atomic E-state index is 11.8. The third kappa shape index (κ3) is 4.53. The van der Waals surface area contributed by atoms with Crippen LogP contribution in [0.15, 0.2) is 17.0 Å². The van der Waals surface area contributed by atoms with Gasteiger partial charge in [0.15, 0.2) is 0 Å². The van der Waals surface area contributed by atoms with E-state index in [1.807, 2.05) is 13.8 Å². The van der Waals surface area contributed by atoms with Gasteiger partial charge in [-0.3, -0.25) is 4.79 Å². The maximum atomic E-state index is 11.8. The fourth-order valence-electron chi connectivity index (χ4n) is 1.27. The van der Waals surface area contributed by atoms with Gasteiger partial charge in [0.1, 0.15) is 4.90 Å². The molecule has 0 bridgehead atoms. The van der Waals surface area contributed by atoms with Crippen molar-refractivity contribution in [1.82, 2.24) is 5.32 Å². The second-order valence-corrected chi connectivity index (χ2v) is 7.63. The van der Waals surface area contributed by atoms with Gasteiger partial charge in [-0.05, 0) is 18.1 Å². The number of hydrogen-bond donors (Lipinski definition) is 1. The van der Waals surface area contributed by atoms with E-state index in [1.165, 1.54) is 6.07 Å². The van der Waals surface area contributed by atoms with Crippen LogP contribution in [0, 0.1) is 5.92 Å². The maximum Gasteiger partial charge on any atom is 0.262 e. The summed E-state index contributed by atoms with van der Waals surface area (Å²) < 4.78 is 22.7. The van der Waals surface area contributed by atoms with Crippen molar-refractivity contribution in [2.75, 3.05) is 6.54 Å². The quantitative estimate of drug-likeness (QED) is 0.852. The molecule has 0 aliphatic heterocycles. The molecule has 106 valence electrons. The fraction of sp³-hybridized carbons (Fsp3) is 0.364. The number of hydrogen-bond acceptors (Lipinski definition) is 3. The van der Waals surface area contributed by atoms with E-state index in [4.69, 9.17) is 33.9 Å². The monoisotopic (exact) mass is 343 g/mol. The van der Waals surface area contributed by atoms with Crippen LogP contribution in [0.4, 0.5) is 0 Å². The number of carbonyl (C=O) groups excluding carboxylic acids is 1. The van der Waals surface area contributed by atoms with Crippen molar-refractivity contribution < 1.29 is 13.2 Å². The summed E-state index contributed by atoms with van der Waals surface area (Å²) >= 11 is 11.6. The van der Waals surface area contributed by atoms with Gasteiger partial charge in [-0.1, -0.05) is 37.0 Å². The molecular weight excluding hydrogens is 333 g/mol. The lowest BCUT2D eigenvalue weighted by Gasteiger charge is -2.10. The summed E-state index contributed by atoms with van der Waals surface area (Å²) in [6, 6.07) is 2.40. The predicted molar refractivity (Wildman–Crippen MR) is 76.7 cm³/mol. The largest absolute Gasteiger partial charge is 0.352 e. The van der Waals surface area contributed by atoms with Crippen molar-refractivity contribution in [3.63, 3.8) is 0 Å². The van der Waals surface area contributed by atoms with Gasteiger partial charge in [0.05, 0.1) is 10.0 Å². The molecule has 8 heteroatoms. The molecule has 0 aliphatic carbocycles. The topological polar surface area (TPSA) is 63.2 Å². The molecule has 19 heavy (non-hydrogen) atoms. The lowest BCUT2D eigenvalue weighted by molar-refractivity contribution is 0.0949. The summed E-state index contributed by atoms with van der Waals surface area (Å²) in [7, 11) is 1.17. The van der Waals surface area contributed by atoms with Crippen LogP contribution in [0.3, 0.4) is 0 Å². The Hall–Kier alpha value is -0.490. The standard InChI is InChI=1S/C11H12Cl3NO3S/c1-6(2)5-15-11(16)7-3-8(12)10(13)9(4-7)19(14,17)18/h3-4,6H,5H2,1-2H3,(H,15,16). The first kappa shape index (κ1) is 16.6. The van der Waals surface area contributed by atoms with Gasteiger partial charge >= 0.3 is 0 Å². The molecule has 0 saturated carbocycles. The second-order valence-electron chi connectivity index (χ2n) is 4.31. The van der Waals surface area contributed by atoms with Crippen molar-refractivity contribution in [3.05, 3.63) is 27.7 Å². The van der Waals surface area contributed by atoms with Gasteiger partial charge in [-0.15, -0.1) is 0 Å². The van der Waals surface area contributed by atoms with Gasteiger partial charge < -0.3 is 5.32 Å². The number of benzene rings is 1.